The predicted molar refractivity (Wildman–Crippen MR) is 67.8 cm³/mol. The maximum Gasteiger partial charge on any atom is 0.329 e. The van der Waals surface area contributed by atoms with E-state index in [0.29, 0.717) is 18.9 Å². The number of aliphatic carboxylic acids is 1. The fraction of sp³-hybridized carbons (Fsp3) is 0.583. The number of rotatable bonds is 7. The number of aromatic nitrogens is 2. The molecule has 0 saturated carbocycles. The highest BCUT2D eigenvalue weighted by molar-refractivity contribution is 5.81. The molecule has 1 aromatic rings. The van der Waals surface area contributed by atoms with Crippen LogP contribution in [0, 0.1) is 0 Å². The first-order chi connectivity index (χ1) is 8.51. The second-order valence-corrected chi connectivity index (χ2v) is 4.16. The van der Waals surface area contributed by atoms with Crippen LogP contribution in [-0.4, -0.2) is 33.2 Å². The predicted octanol–water partition coefficient (Wildman–Crippen LogP) is 1.93. The number of carboxylic acids is 1. The van der Waals surface area contributed by atoms with Crippen LogP contribution in [0.2, 0.25) is 0 Å². The molecule has 1 rings (SSSR count). The monoisotopic (exact) mass is 253 g/mol. The first-order valence-corrected chi connectivity index (χ1v) is 5.99. The Morgan fingerprint density at radius 2 is 2.28 bits per heavy atom. The fourth-order valence-corrected chi connectivity index (χ4v) is 1.60. The molecule has 0 saturated heterocycles. The molecular weight excluding hydrogens is 234 g/mol. The molecule has 1 aromatic heterocycles. The maximum absolute atomic E-state index is 11.3. The van der Waals surface area contributed by atoms with Gasteiger partial charge in [0.2, 0.25) is 11.8 Å². The minimum absolute atomic E-state index is 0.263. The molecule has 100 valence electrons. The topological polar surface area (TPSA) is 84.3 Å². The molecule has 0 bridgehead atoms. The number of carboxylic acid groups (broad SMARTS) is 1. The Morgan fingerprint density at radius 1 is 1.56 bits per heavy atom. The van der Waals surface area contributed by atoms with Crippen LogP contribution in [0.1, 0.15) is 33.6 Å². The molecule has 0 fully saturated rings. The van der Waals surface area contributed by atoms with Crippen LogP contribution < -0.4 is 10.1 Å². The number of hydrogen-bond donors (Lipinski definition) is 2. The Hall–Kier alpha value is -1.85. The number of hydrogen-bond acceptors (Lipinski definition) is 5. The highest BCUT2D eigenvalue weighted by Crippen LogP contribution is 2.19. The summed E-state index contributed by atoms with van der Waals surface area (Å²) in [6.45, 7) is 5.91. The molecular formula is C12H19N3O3. The highest BCUT2D eigenvalue weighted by atomic mass is 16.5. The van der Waals surface area contributed by atoms with Gasteiger partial charge in [-0.15, -0.1) is 0 Å². The zero-order valence-electron chi connectivity index (χ0n) is 10.9. The molecule has 1 unspecified atom stereocenters. The maximum atomic E-state index is 11.3. The average molecular weight is 253 g/mol. The molecule has 0 radical (unpaired) electrons. The minimum Gasteiger partial charge on any atom is -0.480 e. The van der Waals surface area contributed by atoms with Crippen molar-refractivity contribution in [3.8, 4) is 5.88 Å². The third-order valence-corrected chi connectivity index (χ3v) is 2.53. The summed E-state index contributed by atoms with van der Waals surface area (Å²) in [5.41, 5.74) is -1.07. The van der Waals surface area contributed by atoms with E-state index in [4.69, 9.17) is 4.74 Å². The Bertz CT molecular complexity index is 411. The van der Waals surface area contributed by atoms with Gasteiger partial charge in [-0.25, -0.2) is 9.78 Å². The lowest BCUT2D eigenvalue weighted by atomic mass is 9.97. The van der Waals surface area contributed by atoms with E-state index in [1.54, 1.807) is 13.0 Å². The SMILES string of the molecule is CCCC(C)(Nc1nccc(OCC)n1)C(=O)O. The molecule has 0 spiro atoms. The molecule has 0 aliphatic heterocycles. The largest absolute Gasteiger partial charge is 0.480 e. The third kappa shape index (κ3) is 3.58. The summed E-state index contributed by atoms with van der Waals surface area (Å²) in [4.78, 5) is 19.4. The average Bonchev–Trinajstić information content (AvgIpc) is 2.30. The van der Waals surface area contributed by atoms with Crippen molar-refractivity contribution in [3.05, 3.63) is 12.3 Å². The zero-order valence-corrected chi connectivity index (χ0v) is 10.9. The van der Waals surface area contributed by atoms with E-state index in [2.05, 4.69) is 15.3 Å². The fourth-order valence-electron chi connectivity index (χ4n) is 1.60. The van der Waals surface area contributed by atoms with Crippen molar-refractivity contribution in [3.63, 3.8) is 0 Å². The molecule has 0 aliphatic rings. The molecule has 6 nitrogen and oxygen atoms in total. The van der Waals surface area contributed by atoms with E-state index in [-0.39, 0.29) is 5.95 Å². The summed E-state index contributed by atoms with van der Waals surface area (Å²) in [5, 5.41) is 12.1. The van der Waals surface area contributed by atoms with Gasteiger partial charge >= 0.3 is 5.97 Å². The van der Waals surface area contributed by atoms with E-state index in [1.165, 1.54) is 6.20 Å². The summed E-state index contributed by atoms with van der Waals surface area (Å²) >= 11 is 0. The summed E-state index contributed by atoms with van der Waals surface area (Å²) in [7, 11) is 0. The molecule has 2 N–H and O–H groups in total. The van der Waals surface area contributed by atoms with Gasteiger partial charge in [0.25, 0.3) is 0 Å². The van der Waals surface area contributed by atoms with Gasteiger partial charge in [-0.3, -0.25) is 0 Å². The normalized spacial score (nSPS) is 13.7. The van der Waals surface area contributed by atoms with Crippen molar-refractivity contribution in [2.75, 3.05) is 11.9 Å². The van der Waals surface area contributed by atoms with Gasteiger partial charge < -0.3 is 15.2 Å². The van der Waals surface area contributed by atoms with E-state index < -0.39 is 11.5 Å². The molecule has 0 aromatic carbocycles. The molecule has 1 heterocycles. The number of ether oxygens (including phenoxy) is 1. The summed E-state index contributed by atoms with van der Waals surface area (Å²) in [6.07, 6.45) is 2.78. The van der Waals surface area contributed by atoms with Gasteiger partial charge in [-0.05, 0) is 20.3 Å². The third-order valence-electron chi connectivity index (χ3n) is 2.53. The van der Waals surface area contributed by atoms with Crippen LogP contribution in [0.15, 0.2) is 12.3 Å². The highest BCUT2D eigenvalue weighted by Gasteiger charge is 2.32. The van der Waals surface area contributed by atoms with Crippen LogP contribution in [0.4, 0.5) is 5.95 Å². The number of nitrogens with zero attached hydrogens (tertiary/aromatic N) is 2. The van der Waals surface area contributed by atoms with Crippen LogP contribution >= 0.6 is 0 Å². The van der Waals surface area contributed by atoms with E-state index in [9.17, 15) is 9.90 Å². The quantitative estimate of drug-likeness (QED) is 0.772. The lowest BCUT2D eigenvalue weighted by Crippen LogP contribution is -2.43. The van der Waals surface area contributed by atoms with Gasteiger partial charge in [-0.2, -0.15) is 4.98 Å². The van der Waals surface area contributed by atoms with Gasteiger partial charge in [-0.1, -0.05) is 13.3 Å². The van der Waals surface area contributed by atoms with Crippen LogP contribution in [0.25, 0.3) is 0 Å². The zero-order chi connectivity index (χ0) is 13.6. The molecule has 1 atom stereocenters. The van der Waals surface area contributed by atoms with Crippen LogP contribution in [-0.2, 0) is 4.79 Å². The molecule has 6 heteroatoms. The Morgan fingerprint density at radius 3 is 2.83 bits per heavy atom. The summed E-state index contributed by atoms with van der Waals surface area (Å²) in [5.74, 6) is -0.228. The van der Waals surface area contributed by atoms with E-state index in [0.717, 1.165) is 6.42 Å². The Labute approximate surface area is 106 Å². The lowest BCUT2D eigenvalue weighted by molar-refractivity contribution is -0.142. The van der Waals surface area contributed by atoms with Crippen molar-refractivity contribution < 1.29 is 14.6 Å². The lowest BCUT2D eigenvalue weighted by Gasteiger charge is -2.25. The smallest absolute Gasteiger partial charge is 0.329 e. The summed E-state index contributed by atoms with van der Waals surface area (Å²) in [6, 6.07) is 1.63. The molecule has 0 amide bonds. The van der Waals surface area contributed by atoms with Crippen LogP contribution in [0.5, 0.6) is 5.88 Å². The van der Waals surface area contributed by atoms with Gasteiger partial charge in [0.05, 0.1) is 6.61 Å². The molecule has 0 aliphatic carbocycles. The van der Waals surface area contributed by atoms with E-state index in [1.807, 2.05) is 13.8 Å². The van der Waals surface area contributed by atoms with Crippen molar-refractivity contribution in [1.29, 1.82) is 0 Å². The minimum atomic E-state index is -1.07. The van der Waals surface area contributed by atoms with Crippen molar-refractivity contribution in [2.45, 2.75) is 39.2 Å². The van der Waals surface area contributed by atoms with Gasteiger partial charge in [0.1, 0.15) is 5.54 Å². The molecule has 18 heavy (non-hydrogen) atoms. The van der Waals surface area contributed by atoms with Gasteiger partial charge in [0.15, 0.2) is 0 Å². The van der Waals surface area contributed by atoms with Crippen molar-refractivity contribution in [1.82, 2.24) is 9.97 Å². The number of anilines is 1. The van der Waals surface area contributed by atoms with Crippen molar-refractivity contribution >= 4 is 11.9 Å². The Kier molecular flexibility index (Phi) is 4.88. The Balaban J connectivity index is 2.87. The first kappa shape index (κ1) is 14.2. The van der Waals surface area contributed by atoms with Crippen LogP contribution in [0.3, 0.4) is 0 Å². The van der Waals surface area contributed by atoms with E-state index >= 15 is 0 Å². The first-order valence-electron chi connectivity index (χ1n) is 5.99. The second-order valence-electron chi connectivity index (χ2n) is 4.16. The van der Waals surface area contributed by atoms with Crippen molar-refractivity contribution in [2.24, 2.45) is 0 Å². The summed E-state index contributed by atoms with van der Waals surface area (Å²) < 4.78 is 5.24. The van der Waals surface area contributed by atoms with Gasteiger partial charge in [0, 0.05) is 12.3 Å². The standard InChI is InChI=1S/C12H19N3O3/c1-4-7-12(3,10(16)17)15-11-13-8-6-9(14-11)18-5-2/h6,8H,4-5,7H2,1-3H3,(H,16,17)(H,13,14,15). The number of nitrogens with one attached hydrogen (secondary N) is 1. The second kappa shape index (κ2) is 6.18. The number of carbonyl (C=O) groups is 1.